The van der Waals surface area contributed by atoms with Crippen molar-refractivity contribution in [3.8, 4) is 0 Å². The summed E-state index contributed by atoms with van der Waals surface area (Å²) in [4.78, 5) is 24.6. The fourth-order valence-electron chi connectivity index (χ4n) is 4.42. The van der Waals surface area contributed by atoms with Crippen molar-refractivity contribution in [3.05, 3.63) is 33.9 Å². The predicted molar refractivity (Wildman–Crippen MR) is 86.9 cm³/mol. The Morgan fingerprint density at radius 3 is 2.74 bits per heavy atom. The number of nitro groups is 1. The van der Waals surface area contributed by atoms with Gasteiger partial charge in [0.1, 0.15) is 5.69 Å². The van der Waals surface area contributed by atoms with Crippen LogP contribution in [-0.2, 0) is 4.74 Å². The molecule has 23 heavy (non-hydrogen) atoms. The number of hydrogen-bond donors (Lipinski definition) is 0. The Bertz CT molecular complexity index is 671. The van der Waals surface area contributed by atoms with Gasteiger partial charge in [-0.25, -0.2) is 0 Å². The zero-order valence-electron chi connectivity index (χ0n) is 13.9. The SMILES string of the molecule is CC(=O)c1ccc(N(C)C2C3CCOC3C2(C)C)c([N+](=O)[O-])c1. The van der Waals surface area contributed by atoms with Gasteiger partial charge in [-0.05, 0) is 25.5 Å². The predicted octanol–water partition coefficient (Wildman–Crippen LogP) is 3.05. The van der Waals surface area contributed by atoms with Gasteiger partial charge >= 0.3 is 0 Å². The molecule has 0 radical (unpaired) electrons. The van der Waals surface area contributed by atoms with Crippen molar-refractivity contribution >= 4 is 17.2 Å². The molecule has 3 rings (SSSR count). The number of hydrogen-bond acceptors (Lipinski definition) is 5. The molecule has 0 bridgehead atoms. The number of rotatable bonds is 4. The minimum absolute atomic E-state index is 0.0154. The molecule has 1 saturated heterocycles. The van der Waals surface area contributed by atoms with Crippen LogP contribution in [0.5, 0.6) is 0 Å². The van der Waals surface area contributed by atoms with Crippen LogP contribution in [0.2, 0.25) is 0 Å². The van der Waals surface area contributed by atoms with Crippen LogP contribution in [0.1, 0.15) is 37.6 Å². The van der Waals surface area contributed by atoms with E-state index < -0.39 is 4.92 Å². The Kier molecular flexibility index (Phi) is 3.67. The highest BCUT2D eigenvalue weighted by Crippen LogP contribution is 2.55. The first-order valence-corrected chi connectivity index (χ1v) is 7.89. The third-order valence-electron chi connectivity index (χ3n) is 5.41. The molecule has 1 heterocycles. The van der Waals surface area contributed by atoms with Crippen LogP contribution in [0.25, 0.3) is 0 Å². The lowest BCUT2D eigenvalue weighted by Gasteiger charge is -2.58. The largest absolute Gasteiger partial charge is 0.377 e. The minimum Gasteiger partial charge on any atom is -0.377 e. The van der Waals surface area contributed by atoms with E-state index >= 15 is 0 Å². The number of anilines is 1. The van der Waals surface area contributed by atoms with E-state index in [2.05, 4.69) is 13.8 Å². The molecule has 1 aliphatic carbocycles. The lowest BCUT2D eigenvalue weighted by molar-refractivity contribution is -0.384. The van der Waals surface area contributed by atoms with Crippen LogP contribution < -0.4 is 4.90 Å². The molecular weight excluding hydrogens is 296 g/mol. The average molecular weight is 318 g/mol. The van der Waals surface area contributed by atoms with Crippen LogP contribution in [0.15, 0.2) is 18.2 Å². The highest BCUT2D eigenvalue weighted by molar-refractivity contribution is 5.95. The number of carbonyl (C=O) groups excluding carboxylic acids is 1. The first kappa shape index (κ1) is 15.9. The molecule has 2 aliphatic rings. The quantitative estimate of drug-likeness (QED) is 0.485. The molecule has 3 atom stereocenters. The number of ether oxygens (including phenoxy) is 1. The van der Waals surface area contributed by atoms with Crippen molar-refractivity contribution in [3.63, 3.8) is 0 Å². The Morgan fingerprint density at radius 1 is 1.43 bits per heavy atom. The Morgan fingerprint density at radius 2 is 2.13 bits per heavy atom. The molecule has 1 aromatic rings. The molecule has 1 aromatic carbocycles. The molecule has 124 valence electrons. The summed E-state index contributed by atoms with van der Waals surface area (Å²) in [7, 11) is 1.90. The molecule has 0 N–H and O–H groups in total. The second-order valence-corrected chi connectivity index (χ2v) is 7.14. The average Bonchev–Trinajstić information content (AvgIpc) is 2.92. The van der Waals surface area contributed by atoms with Crippen LogP contribution in [0.3, 0.4) is 0 Å². The summed E-state index contributed by atoms with van der Waals surface area (Å²) in [5.41, 5.74) is 0.855. The van der Waals surface area contributed by atoms with E-state index in [1.165, 1.54) is 13.0 Å². The highest BCUT2D eigenvalue weighted by atomic mass is 16.6. The summed E-state index contributed by atoms with van der Waals surface area (Å²) in [6.45, 7) is 6.47. The second kappa shape index (κ2) is 5.30. The van der Waals surface area contributed by atoms with Gasteiger partial charge < -0.3 is 9.64 Å². The summed E-state index contributed by atoms with van der Waals surface area (Å²) >= 11 is 0. The number of Topliss-reactive ketones (excluding diaryl/α,β-unsaturated/α-hetero) is 1. The summed E-state index contributed by atoms with van der Waals surface area (Å²) in [5.74, 6) is 0.234. The van der Waals surface area contributed by atoms with Gasteiger partial charge in [0.25, 0.3) is 5.69 Å². The lowest BCUT2D eigenvalue weighted by atomic mass is 9.56. The van der Waals surface area contributed by atoms with Crippen molar-refractivity contribution < 1.29 is 14.5 Å². The first-order chi connectivity index (χ1) is 10.7. The van der Waals surface area contributed by atoms with E-state index in [4.69, 9.17) is 4.74 Å². The molecule has 0 aromatic heterocycles. The van der Waals surface area contributed by atoms with Crippen molar-refractivity contribution in [2.24, 2.45) is 11.3 Å². The number of benzene rings is 1. The van der Waals surface area contributed by atoms with Crippen LogP contribution in [0.4, 0.5) is 11.4 Å². The lowest BCUT2D eigenvalue weighted by Crippen LogP contribution is -2.66. The van der Waals surface area contributed by atoms with Crippen molar-refractivity contribution in [2.45, 2.75) is 39.3 Å². The smallest absolute Gasteiger partial charge is 0.293 e. The van der Waals surface area contributed by atoms with E-state index in [9.17, 15) is 14.9 Å². The van der Waals surface area contributed by atoms with Crippen molar-refractivity contribution in [1.29, 1.82) is 0 Å². The number of ketones is 1. The Hall–Kier alpha value is -1.95. The fraction of sp³-hybridized carbons (Fsp3) is 0.588. The van der Waals surface area contributed by atoms with E-state index in [0.29, 0.717) is 17.2 Å². The zero-order valence-corrected chi connectivity index (χ0v) is 13.9. The number of carbonyl (C=O) groups is 1. The topological polar surface area (TPSA) is 72.7 Å². The van der Waals surface area contributed by atoms with Crippen molar-refractivity contribution in [2.75, 3.05) is 18.6 Å². The van der Waals surface area contributed by atoms with Gasteiger partial charge in [-0.1, -0.05) is 13.8 Å². The molecule has 6 nitrogen and oxygen atoms in total. The summed E-state index contributed by atoms with van der Waals surface area (Å²) in [5, 5.41) is 11.5. The molecule has 1 aliphatic heterocycles. The van der Waals surface area contributed by atoms with Crippen LogP contribution >= 0.6 is 0 Å². The zero-order chi connectivity index (χ0) is 16.9. The third kappa shape index (κ3) is 2.32. The van der Waals surface area contributed by atoms with Gasteiger partial charge in [0.2, 0.25) is 0 Å². The van der Waals surface area contributed by atoms with Crippen molar-refractivity contribution in [1.82, 2.24) is 0 Å². The molecular formula is C17H22N2O4. The molecule has 0 amide bonds. The van der Waals surface area contributed by atoms with E-state index in [-0.39, 0.29) is 29.0 Å². The van der Waals surface area contributed by atoms with Gasteiger partial charge in [0.05, 0.1) is 11.0 Å². The number of nitrogens with zero attached hydrogens (tertiary/aromatic N) is 2. The Balaban J connectivity index is 1.98. The van der Waals surface area contributed by atoms with Gasteiger partial charge in [0.15, 0.2) is 5.78 Å². The molecule has 1 saturated carbocycles. The molecule has 0 spiro atoms. The van der Waals surface area contributed by atoms with E-state index in [1.54, 1.807) is 12.1 Å². The second-order valence-electron chi connectivity index (χ2n) is 7.14. The molecule has 6 heteroatoms. The maximum atomic E-state index is 11.5. The Labute approximate surface area is 135 Å². The van der Waals surface area contributed by atoms with Gasteiger partial charge in [-0.15, -0.1) is 0 Å². The number of fused-ring (bicyclic) bond motifs is 1. The maximum absolute atomic E-state index is 11.5. The number of nitro benzene ring substituents is 1. The summed E-state index contributed by atoms with van der Waals surface area (Å²) in [6, 6.07) is 4.92. The van der Waals surface area contributed by atoms with Gasteiger partial charge in [0, 0.05) is 42.7 Å². The van der Waals surface area contributed by atoms with Gasteiger partial charge in [-0.3, -0.25) is 14.9 Å². The van der Waals surface area contributed by atoms with E-state index in [1.807, 2.05) is 11.9 Å². The van der Waals surface area contributed by atoms with Gasteiger partial charge in [-0.2, -0.15) is 0 Å². The van der Waals surface area contributed by atoms with Crippen LogP contribution in [-0.4, -0.2) is 36.5 Å². The summed E-state index contributed by atoms with van der Waals surface area (Å²) in [6.07, 6.45) is 1.22. The minimum atomic E-state index is -0.410. The third-order valence-corrected chi connectivity index (χ3v) is 5.41. The van der Waals surface area contributed by atoms with Crippen LogP contribution in [0, 0.1) is 21.4 Å². The normalized spacial score (nSPS) is 27.9. The van der Waals surface area contributed by atoms with E-state index in [0.717, 1.165) is 13.0 Å². The first-order valence-electron chi connectivity index (χ1n) is 7.89. The highest BCUT2D eigenvalue weighted by Gasteiger charge is 2.61. The molecule has 3 unspecified atom stereocenters. The monoisotopic (exact) mass is 318 g/mol. The standard InChI is InChI=1S/C17H22N2O4/c1-10(20)11-5-6-13(14(9-11)19(21)22)18(4)15-12-7-8-23-16(12)17(15,2)3/h5-6,9,12,15-16H,7-8H2,1-4H3. The molecule has 2 fully saturated rings. The fourth-order valence-corrected chi connectivity index (χ4v) is 4.42. The maximum Gasteiger partial charge on any atom is 0.293 e. The summed E-state index contributed by atoms with van der Waals surface area (Å²) < 4.78 is 5.81.